The van der Waals surface area contributed by atoms with E-state index < -0.39 is 0 Å². The molecule has 0 amide bonds. The topological polar surface area (TPSA) is 56.0 Å². The number of rotatable bonds is 2. The van der Waals surface area contributed by atoms with E-state index in [1.165, 1.54) is 0 Å². The summed E-state index contributed by atoms with van der Waals surface area (Å²) in [6.07, 6.45) is 4.95. The number of hydrogen-bond donors (Lipinski definition) is 0. The van der Waals surface area contributed by atoms with Gasteiger partial charge in [-0.15, -0.1) is 10.2 Å². The molecular weight excluding hydrogens is 180 g/mol. The molecule has 1 aliphatic carbocycles. The molecular formula is C10H14N2O2. The van der Waals surface area contributed by atoms with E-state index in [9.17, 15) is 4.79 Å². The summed E-state index contributed by atoms with van der Waals surface area (Å²) in [4.78, 5) is 10.6. The van der Waals surface area contributed by atoms with E-state index >= 15 is 0 Å². The zero-order valence-corrected chi connectivity index (χ0v) is 8.27. The Morgan fingerprint density at radius 2 is 2.00 bits per heavy atom. The summed E-state index contributed by atoms with van der Waals surface area (Å²) in [5, 5.41) is 7.83. The van der Waals surface area contributed by atoms with Gasteiger partial charge in [0.05, 0.1) is 0 Å². The van der Waals surface area contributed by atoms with E-state index in [1.54, 1.807) is 6.92 Å². The average Bonchev–Trinajstić information content (AvgIpc) is 2.65. The van der Waals surface area contributed by atoms with Gasteiger partial charge in [-0.2, -0.15) is 0 Å². The fourth-order valence-electron chi connectivity index (χ4n) is 1.98. The third kappa shape index (κ3) is 1.84. The van der Waals surface area contributed by atoms with Crippen LogP contribution < -0.4 is 0 Å². The van der Waals surface area contributed by atoms with Crippen molar-refractivity contribution < 1.29 is 9.21 Å². The second-order valence-corrected chi connectivity index (χ2v) is 3.91. The fourth-order valence-corrected chi connectivity index (χ4v) is 1.98. The lowest BCUT2D eigenvalue weighted by atomic mass is 9.83. The second kappa shape index (κ2) is 3.90. The van der Waals surface area contributed by atoms with Crippen LogP contribution in [0.25, 0.3) is 0 Å². The highest BCUT2D eigenvalue weighted by Crippen LogP contribution is 2.34. The molecule has 1 saturated carbocycles. The quantitative estimate of drug-likeness (QED) is 0.674. The molecule has 2 rings (SSSR count). The van der Waals surface area contributed by atoms with Gasteiger partial charge < -0.3 is 9.21 Å². The Morgan fingerprint density at radius 3 is 2.50 bits per heavy atom. The predicted molar refractivity (Wildman–Crippen MR) is 49.8 cm³/mol. The standard InChI is InChI=1S/C10H14N2O2/c1-7-11-12-10(14-7)9-4-2-8(6-13)3-5-9/h6,8-9H,2-5H2,1H3/t8-,9-. The van der Waals surface area contributed by atoms with Gasteiger partial charge in [-0.1, -0.05) is 0 Å². The predicted octanol–water partition coefficient (Wildman–Crippen LogP) is 1.85. The number of aldehydes is 1. The van der Waals surface area contributed by atoms with Crippen molar-refractivity contribution in [2.45, 2.75) is 38.5 Å². The molecule has 1 aromatic rings. The first-order valence-corrected chi connectivity index (χ1v) is 5.05. The average molecular weight is 194 g/mol. The third-order valence-electron chi connectivity index (χ3n) is 2.86. The molecule has 1 heterocycles. The lowest BCUT2D eigenvalue weighted by Crippen LogP contribution is -2.14. The molecule has 1 fully saturated rings. The van der Waals surface area contributed by atoms with Crippen LogP contribution in [0.5, 0.6) is 0 Å². The van der Waals surface area contributed by atoms with Crippen LogP contribution in [-0.4, -0.2) is 16.5 Å². The summed E-state index contributed by atoms with van der Waals surface area (Å²) >= 11 is 0. The van der Waals surface area contributed by atoms with Crippen LogP contribution in [0.3, 0.4) is 0 Å². The number of carbonyl (C=O) groups is 1. The molecule has 0 aliphatic heterocycles. The van der Waals surface area contributed by atoms with Crippen molar-refractivity contribution in [3.63, 3.8) is 0 Å². The van der Waals surface area contributed by atoms with E-state index in [0.717, 1.165) is 37.9 Å². The largest absolute Gasteiger partial charge is 0.425 e. The van der Waals surface area contributed by atoms with Crippen LogP contribution in [0.1, 0.15) is 43.4 Å². The highest BCUT2D eigenvalue weighted by atomic mass is 16.4. The fraction of sp³-hybridized carbons (Fsp3) is 0.700. The van der Waals surface area contributed by atoms with Gasteiger partial charge in [0, 0.05) is 18.8 Å². The van der Waals surface area contributed by atoms with E-state index in [1.807, 2.05) is 0 Å². The molecule has 0 radical (unpaired) electrons. The Kier molecular flexibility index (Phi) is 2.61. The maximum absolute atomic E-state index is 10.6. The SMILES string of the molecule is Cc1nnc([C@H]2CC[C@H](C=O)CC2)o1. The first-order chi connectivity index (χ1) is 6.79. The summed E-state index contributed by atoms with van der Waals surface area (Å²) < 4.78 is 5.38. The van der Waals surface area contributed by atoms with Crippen molar-refractivity contribution in [1.29, 1.82) is 0 Å². The highest BCUT2D eigenvalue weighted by Gasteiger charge is 2.25. The molecule has 4 nitrogen and oxygen atoms in total. The molecule has 1 aliphatic rings. The van der Waals surface area contributed by atoms with Gasteiger partial charge in [0.1, 0.15) is 6.29 Å². The summed E-state index contributed by atoms with van der Waals surface area (Å²) in [5.74, 6) is 1.98. The van der Waals surface area contributed by atoms with Crippen LogP contribution in [0.15, 0.2) is 4.42 Å². The first kappa shape index (κ1) is 9.37. The zero-order chi connectivity index (χ0) is 9.97. The molecule has 0 N–H and O–H groups in total. The zero-order valence-electron chi connectivity index (χ0n) is 8.27. The van der Waals surface area contributed by atoms with Crippen molar-refractivity contribution in [2.75, 3.05) is 0 Å². The van der Waals surface area contributed by atoms with Crippen molar-refractivity contribution >= 4 is 6.29 Å². The number of nitrogens with zero attached hydrogens (tertiary/aromatic N) is 2. The van der Waals surface area contributed by atoms with Crippen LogP contribution in [0.2, 0.25) is 0 Å². The van der Waals surface area contributed by atoms with Gasteiger partial charge in [0.15, 0.2) is 0 Å². The lowest BCUT2D eigenvalue weighted by molar-refractivity contribution is -0.112. The maximum Gasteiger partial charge on any atom is 0.219 e. The van der Waals surface area contributed by atoms with Crippen LogP contribution in [0, 0.1) is 12.8 Å². The van der Waals surface area contributed by atoms with E-state index in [2.05, 4.69) is 10.2 Å². The Bertz CT molecular complexity index is 314. The van der Waals surface area contributed by atoms with Crippen molar-refractivity contribution in [3.8, 4) is 0 Å². The Labute approximate surface area is 82.7 Å². The summed E-state index contributed by atoms with van der Waals surface area (Å²) in [7, 11) is 0. The van der Waals surface area contributed by atoms with Crippen molar-refractivity contribution in [2.24, 2.45) is 5.92 Å². The summed E-state index contributed by atoms with van der Waals surface area (Å²) in [6, 6.07) is 0. The minimum absolute atomic E-state index is 0.246. The monoisotopic (exact) mass is 194 g/mol. The Hall–Kier alpha value is -1.19. The molecule has 0 bridgehead atoms. The smallest absolute Gasteiger partial charge is 0.219 e. The van der Waals surface area contributed by atoms with Gasteiger partial charge >= 0.3 is 0 Å². The minimum atomic E-state index is 0.246. The summed E-state index contributed by atoms with van der Waals surface area (Å²) in [5.41, 5.74) is 0. The number of aromatic nitrogens is 2. The second-order valence-electron chi connectivity index (χ2n) is 3.91. The first-order valence-electron chi connectivity index (χ1n) is 5.05. The molecule has 76 valence electrons. The van der Waals surface area contributed by atoms with E-state index in [4.69, 9.17) is 4.42 Å². The molecule has 4 heteroatoms. The van der Waals surface area contributed by atoms with Gasteiger partial charge in [-0.25, -0.2) is 0 Å². The molecule has 0 saturated heterocycles. The maximum atomic E-state index is 10.6. The molecule has 0 spiro atoms. The number of aryl methyl sites for hydroxylation is 1. The Morgan fingerprint density at radius 1 is 1.29 bits per heavy atom. The minimum Gasteiger partial charge on any atom is -0.425 e. The van der Waals surface area contributed by atoms with Gasteiger partial charge in [0.2, 0.25) is 11.8 Å². The van der Waals surface area contributed by atoms with Crippen LogP contribution in [-0.2, 0) is 4.79 Å². The Balaban J connectivity index is 1.98. The van der Waals surface area contributed by atoms with E-state index in [0.29, 0.717) is 11.8 Å². The van der Waals surface area contributed by atoms with Crippen molar-refractivity contribution in [3.05, 3.63) is 11.8 Å². The van der Waals surface area contributed by atoms with Crippen LogP contribution >= 0.6 is 0 Å². The van der Waals surface area contributed by atoms with E-state index in [-0.39, 0.29) is 5.92 Å². The molecule has 0 atom stereocenters. The molecule has 0 unspecified atom stereocenters. The summed E-state index contributed by atoms with van der Waals surface area (Å²) in [6.45, 7) is 1.80. The molecule has 0 aromatic carbocycles. The van der Waals surface area contributed by atoms with Crippen molar-refractivity contribution in [1.82, 2.24) is 10.2 Å². The normalized spacial score (nSPS) is 27.5. The van der Waals surface area contributed by atoms with Gasteiger partial charge in [0.25, 0.3) is 0 Å². The molecule has 14 heavy (non-hydrogen) atoms. The third-order valence-corrected chi connectivity index (χ3v) is 2.86. The molecule has 1 aromatic heterocycles. The van der Waals surface area contributed by atoms with Crippen LogP contribution in [0.4, 0.5) is 0 Å². The number of hydrogen-bond acceptors (Lipinski definition) is 4. The highest BCUT2D eigenvalue weighted by molar-refractivity contribution is 5.53. The van der Waals surface area contributed by atoms with Gasteiger partial charge in [-0.3, -0.25) is 0 Å². The van der Waals surface area contributed by atoms with Gasteiger partial charge in [-0.05, 0) is 25.7 Å². The number of carbonyl (C=O) groups excluding carboxylic acids is 1. The lowest BCUT2D eigenvalue weighted by Gasteiger charge is -2.22.